The van der Waals surface area contributed by atoms with Gasteiger partial charge in [-0.05, 0) is 54.7 Å². The molecular formula is C19H15N5O2S. The van der Waals surface area contributed by atoms with Crippen molar-refractivity contribution in [2.24, 2.45) is 0 Å². The van der Waals surface area contributed by atoms with Gasteiger partial charge < -0.3 is 9.73 Å². The first-order chi connectivity index (χ1) is 13.1. The Bertz CT molecular complexity index is 1090. The van der Waals surface area contributed by atoms with Crippen LogP contribution < -0.4 is 5.32 Å². The van der Waals surface area contributed by atoms with Crippen molar-refractivity contribution in [3.8, 4) is 22.5 Å². The fourth-order valence-corrected chi connectivity index (χ4v) is 3.24. The minimum atomic E-state index is -0.258. The quantitative estimate of drug-likeness (QED) is 0.575. The number of benzene rings is 1. The van der Waals surface area contributed by atoms with E-state index in [-0.39, 0.29) is 5.91 Å². The first kappa shape index (κ1) is 17.0. The van der Waals surface area contributed by atoms with Gasteiger partial charge in [0.1, 0.15) is 10.7 Å². The van der Waals surface area contributed by atoms with Crippen LogP contribution in [-0.2, 0) is 0 Å². The largest absolute Gasteiger partial charge is 0.444 e. The highest BCUT2D eigenvalue weighted by atomic mass is 32.1. The lowest BCUT2D eigenvalue weighted by Crippen LogP contribution is -2.12. The highest BCUT2D eigenvalue weighted by Crippen LogP contribution is 2.29. The molecule has 0 saturated carbocycles. The molecule has 7 nitrogen and oxygen atoms in total. The number of anilines is 1. The summed E-state index contributed by atoms with van der Waals surface area (Å²) in [5, 5.41) is 6.62. The fourth-order valence-electron chi connectivity index (χ4n) is 2.68. The van der Waals surface area contributed by atoms with Gasteiger partial charge in [0.25, 0.3) is 5.91 Å². The lowest BCUT2D eigenvalue weighted by atomic mass is 9.98. The molecule has 0 radical (unpaired) electrons. The van der Waals surface area contributed by atoms with Crippen LogP contribution in [0.4, 0.5) is 5.82 Å². The highest BCUT2D eigenvalue weighted by molar-refractivity contribution is 7.08. The average Bonchev–Trinajstić information content (AvgIpc) is 3.35. The number of rotatable bonds is 4. The summed E-state index contributed by atoms with van der Waals surface area (Å²) in [5.74, 6) is 0.925. The number of amides is 1. The highest BCUT2D eigenvalue weighted by Gasteiger charge is 2.14. The van der Waals surface area contributed by atoms with Crippen LogP contribution in [0.5, 0.6) is 0 Å². The summed E-state index contributed by atoms with van der Waals surface area (Å²) in [6.07, 6.45) is 4.83. The summed E-state index contributed by atoms with van der Waals surface area (Å²) in [6.45, 7) is 3.79. The number of pyridine rings is 1. The Kier molecular flexibility index (Phi) is 4.47. The first-order valence-electron chi connectivity index (χ1n) is 8.18. The van der Waals surface area contributed by atoms with Crippen molar-refractivity contribution >= 4 is 23.3 Å². The van der Waals surface area contributed by atoms with Crippen LogP contribution in [0.1, 0.15) is 20.9 Å². The number of nitrogens with zero attached hydrogens (tertiary/aromatic N) is 4. The molecule has 1 N–H and O–H groups in total. The van der Waals surface area contributed by atoms with Gasteiger partial charge in [0.2, 0.25) is 0 Å². The second-order valence-electron chi connectivity index (χ2n) is 5.97. The summed E-state index contributed by atoms with van der Waals surface area (Å²) in [4.78, 5) is 21.1. The zero-order valence-electron chi connectivity index (χ0n) is 14.6. The molecule has 1 aromatic carbocycles. The van der Waals surface area contributed by atoms with Crippen LogP contribution in [-0.4, -0.2) is 25.5 Å². The number of hydrogen-bond donors (Lipinski definition) is 1. The fraction of sp³-hybridized carbons (Fsp3) is 0.105. The van der Waals surface area contributed by atoms with Gasteiger partial charge in [-0.15, -0.1) is 5.10 Å². The van der Waals surface area contributed by atoms with E-state index in [4.69, 9.17) is 4.42 Å². The van der Waals surface area contributed by atoms with Crippen molar-refractivity contribution in [1.29, 1.82) is 0 Å². The molecule has 0 aliphatic heterocycles. The Morgan fingerprint density at radius 3 is 2.63 bits per heavy atom. The number of nitrogens with one attached hydrogen (secondary N) is 1. The third-order valence-electron chi connectivity index (χ3n) is 4.13. The van der Waals surface area contributed by atoms with E-state index in [0.717, 1.165) is 33.8 Å². The molecule has 0 aliphatic carbocycles. The maximum atomic E-state index is 12.2. The van der Waals surface area contributed by atoms with E-state index in [1.165, 1.54) is 6.39 Å². The van der Waals surface area contributed by atoms with Crippen molar-refractivity contribution in [3.05, 3.63) is 65.3 Å². The third kappa shape index (κ3) is 3.47. The number of hydrogen-bond acceptors (Lipinski definition) is 7. The lowest BCUT2D eigenvalue weighted by molar-refractivity contribution is 0.102. The van der Waals surface area contributed by atoms with Crippen LogP contribution in [0.25, 0.3) is 22.5 Å². The van der Waals surface area contributed by atoms with E-state index in [1.807, 2.05) is 31.2 Å². The van der Waals surface area contributed by atoms with Crippen molar-refractivity contribution in [3.63, 3.8) is 0 Å². The molecule has 0 aliphatic rings. The zero-order chi connectivity index (χ0) is 18.8. The van der Waals surface area contributed by atoms with Crippen molar-refractivity contribution < 1.29 is 9.21 Å². The van der Waals surface area contributed by atoms with Crippen molar-refractivity contribution in [2.45, 2.75) is 13.8 Å². The third-order valence-corrected chi connectivity index (χ3v) is 4.95. The van der Waals surface area contributed by atoms with E-state index >= 15 is 0 Å². The number of aromatic nitrogens is 4. The Morgan fingerprint density at radius 1 is 1.11 bits per heavy atom. The smallest absolute Gasteiger partial charge is 0.270 e. The number of carbonyl (C=O) groups excluding carboxylic acids is 1. The molecule has 8 heteroatoms. The van der Waals surface area contributed by atoms with E-state index in [0.29, 0.717) is 22.1 Å². The van der Waals surface area contributed by atoms with Gasteiger partial charge in [0, 0.05) is 17.3 Å². The van der Waals surface area contributed by atoms with Crippen LogP contribution in [0.2, 0.25) is 0 Å². The molecule has 0 fully saturated rings. The van der Waals surface area contributed by atoms with Gasteiger partial charge in [-0.1, -0.05) is 16.6 Å². The van der Waals surface area contributed by atoms with Gasteiger partial charge in [-0.3, -0.25) is 4.79 Å². The molecule has 0 saturated heterocycles. The van der Waals surface area contributed by atoms with Gasteiger partial charge in [-0.2, -0.15) is 0 Å². The monoisotopic (exact) mass is 377 g/mol. The molecule has 0 spiro atoms. The van der Waals surface area contributed by atoms with Gasteiger partial charge >= 0.3 is 0 Å². The van der Waals surface area contributed by atoms with Gasteiger partial charge in [0.15, 0.2) is 12.2 Å². The van der Waals surface area contributed by atoms with E-state index in [1.54, 1.807) is 25.4 Å². The van der Waals surface area contributed by atoms with Crippen LogP contribution in [0, 0.1) is 13.8 Å². The van der Waals surface area contributed by atoms with Crippen molar-refractivity contribution in [2.75, 3.05) is 5.32 Å². The molecule has 4 rings (SSSR count). The standard InChI is InChI=1S/C19H15N5O2S/c1-11-3-4-13(16-9-20-10-26-16)7-15(11)14-5-6-17(21-8-14)22-19(25)18-12(2)23-24-27-18/h3-10H,1-2H3,(H,21,22,25). The molecule has 0 unspecified atom stereocenters. The SMILES string of the molecule is Cc1ccc(-c2cnco2)cc1-c1ccc(NC(=O)c2snnc2C)nc1. The topological polar surface area (TPSA) is 93.8 Å². The van der Waals surface area contributed by atoms with Gasteiger partial charge in [0.05, 0.1) is 11.9 Å². The molecule has 1 amide bonds. The van der Waals surface area contributed by atoms with Crippen LogP contribution in [0.15, 0.2) is 53.5 Å². The Morgan fingerprint density at radius 2 is 1.96 bits per heavy atom. The number of oxazole rings is 1. The molecule has 0 bridgehead atoms. The summed E-state index contributed by atoms with van der Waals surface area (Å²) in [5.41, 5.74) is 4.65. The normalized spacial score (nSPS) is 10.7. The Balaban J connectivity index is 1.58. The summed E-state index contributed by atoms with van der Waals surface area (Å²) < 4.78 is 9.15. The zero-order valence-corrected chi connectivity index (χ0v) is 15.4. The summed E-state index contributed by atoms with van der Waals surface area (Å²) in [6, 6.07) is 9.76. The van der Waals surface area contributed by atoms with Gasteiger partial charge in [-0.25, -0.2) is 9.97 Å². The average molecular weight is 377 g/mol. The van der Waals surface area contributed by atoms with E-state index < -0.39 is 0 Å². The molecule has 134 valence electrons. The summed E-state index contributed by atoms with van der Waals surface area (Å²) >= 11 is 1.06. The molecule has 3 aromatic heterocycles. The van der Waals surface area contributed by atoms with Crippen LogP contribution in [0.3, 0.4) is 0 Å². The number of aryl methyl sites for hydroxylation is 2. The van der Waals surface area contributed by atoms with E-state index in [2.05, 4.69) is 24.9 Å². The molecule has 0 atom stereocenters. The molecular weight excluding hydrogens is 362 g/mol. The van der Waals surface area contributed by atoms with E-state index in [9.17, 15) is 4.79 Å². The second kappa shape index (κ2) is 7.08. The van der Waals surface area contributed by atoms with Crippen molar-refractivity contribution in [1.82, 2.24) is 19.6 Å². The summed E-state index contributed by atoms with van der Waals surface area (Å²) in [7, 11) is 0. The maximum absolute atomic E-state index is 12.2. The minimum Gasteiger partial charge on any atom is -0.444 e. The predicted octanol–water partition coefficient (Wildman–Crippen LogP) is 4.12. The number of carbonyl (C=O) groups is 1. The molecule has 27 heavy (non-hydrogen) atoms. The second-order valence-corrected chi connectivity index (χ2v) is 6.72. The lowest BCUT2D eigenvalue weighted by Gasteiger charge is -2.09. The predicted molar refractivity (Wildman–Crippen MR) is 103 cm³/mol. The molecule has 4 aromatic rings. The molecule has 3 heterocycles. The maximum Gasteiger partial charge on any atom is 0.270 e. The Labute approximate surface area is 159 Å². The Hall–Kier alpha value is -3.39. The first-order valence-corrected chi connectivity index (χ1v) is 8.95. The minimum absolute atomic E-state index is 0.258. The van der Waals surface area contributed by atoms with Crippen LogP contribution >= 0.6 is 11.5 Å².